The van der Waals surface area contributed by atoms with Crippen molar-refractivity contribution in [3.05, 3.63) is 16.0 Å². The smallest absolute Gasteiger partial charge is 0.346 e. The Kier molecular flexibility index (Phi) is 6.46. The van der Waals surface area contributed by atoms with Gasteiger partial charge in [-0.3, -0.25) is 15.3 Å². The van der Waals surface area contributed by atoms with Gasteiger partial charge in [-0.25, -0.2) is 0 Å². The summed E-state index contributed by atoms with van der Waals surface area (Å²) in [5.41, 5.74) is 13.5. The summed E-state index contributed by atoms with van der Waals surface area (Å²) in [6.07, 6.45) is 0. The summed E-state index contributed by atoms with van der Waals surface area (Å²) >= 11 is 0. The highest BCUT2D eigenvalue weighted by Crippen LogP contribution is 1.58. The van der Waals surface area contributed by atoms with Crippen LogP contribution in [-0.2, 0) is 10.3 Å². The van der Waals surface area contributed by atoms with Gasteiger partial charge in [-0.05, 0) is 0 Å². The van der Waals surface area contributed by atoms with Gasteiger partial charge in [-0.1, -0.05) is 0 Å². The first-order valence-electron chi connectivity index (χ1n) is 1.41. The van der Waals surface area contributed by atoms with Gasteiger partial charge in [-0.15, -0.1) is 4.83 Å². The fourth-order valence-corrected chi connectivity index (χ4v) is 0. The Balaban J connectivity index is 0. The lowest BCUT2D eigenvalue weighted by Gasteiger charge is -1.83. The predicted molar refractivity (Wildman–Crippen MR) is 28.9 cm³/mol. The first-order chi connectivity index (χ1) is 3.97. The zero-order valence-corrected chi connectivity index (χ0v) is 4.91. The average molecular weight is 154 g/mol. The van der Waals surface area contributed by atoms with Crippen LogP contribution in [0.5, 0.6) is 0 Å². The van der Waals surface area contributed by atoms with Gasteiger partial charge in [0.2, 0.25) is 0 Å². The SMILES string of the molecule is NNS(=O)(=O)O.[N-]=[N+]=[N-]. The fraction of sp³-hybridized carbons (Fsp3) is 0. The second-order valence-corrected chi connectivity index (χ2v) is 1.87. The fourth-order valence-electron chi connectivity index (χ4n) is 0. The van der Waals surface area contributed by atoms with E-state index in [0.29, 0.717) is 0 Å². The standard InChI is InChI=1S/N3.H4N2O3S/c1-3-2;1-2-6(3,4)5/h;2H,1H2,(H,3,4,5)/q-1;. The van der Waals surface area contributed by atoms with Gasteiger partial charge in [0.25, 0.3) is 0 Å². The van der Waals surface area contributed by atoms with Crippen LogP contribution in [0.25, 0.3) is 16.0 Å². The van der Waals surface area contributed by atoms with Crippen molar-refractivity contribution in [1.82, 2.24) is 4.83 Å². The summed E-state index contributed by atoms with van der Waals surface area (Å²) in [4.78, 5) is 2.63. The van der Waals surface area contributed by atoms with E-state index < -0.39 is 10.3 Å². The van der Waals surface area contributed by atoms with Gasteiger partial charge in [-0.2, -0.15) is 8.42 Å². The van der Waals surface area contributed by atoms with Crippen molar-refractivity contribution in [1.29, 1.82) is 0 Å². The lowest BCUT2D eigenvalue weighted by molar-refractivity contribution is 0.469. The van der Waals surface area contributed by atoms with E-state index >= 15 is 0 Å². The largest absolute Gasteiger partial charge is 0.373 e. The molecule has 0 heterocycles. The Morgan fingerprint density at radius 1 is 1.56 bits per heavy atom. The van der Waals surface area contributed by atoms with E-state index in [9.17, 15) is 8.42 Å². The van der Waals surface area contributed by atoms with Gasteiger partial charge in [0, 0.05) is 0 Å². The maximum atomic E-state index is 9.32. The van der Waals surface area contributed by atoms with E-state index in [4.69, 9.17) is 15.6 Å². The van der Waals surface area contributed by atoms with Crippen molar-refractivity contribution in [3.8, 4) is 0 Å². The highest BCUT2D eigenvalue weighted by atomic mass is 32.2. The number of nitrogens with one attached hydrogen (secondary N) is 1. The molecule has 54 valence electrons. The Morgan fingerprint density at radius 2 is 1.67 bits per heavy atom. The number of rotatable bonds is 1. The quantitative estimate of drug-likeness (QED) is 0.112. The van der Waals surface area contributed by atoms with E-state index in [-0.39, 0.29) is 0 Å². The van der Waals surface area contributed by atoms with Crippen molar-refractivity contribution in [3.63, 3.8) is 0 Å². The molecule has 9 heavy (non-hydrogen) atoms. The highest BCUT2D eigenvalue weighted by Gasteiger charge is 1.91. The van der Waals surface area contributed by atoms with E-state index in [1.54, 1.807) is 0 Å². The topological polar surface area (TPSA) is 151 Å². The predicted octanol–water partition coefficient (Wildman–Crippen LogP) is -0.881. The van der Waals surface area contributed by atoms with Gasteiger partial charge in [0.15, 0.2) is 0 Å². The third-order valence-corrected chi connectivity index (χ3v) is 0.447. The van der Waals surface area contributed by atoms with Crippen LogP contribution in [0.2, 0.25) is 0 Å². The first kappa shape index (κ1) is 11.0. The lowest BCUT2D eigenvalue weighted by atomic mass is 13.0. The van der Waals surface area contributed by atoms with Crippen LogP contribution in [0.4, 0.5) is 0 Å². The molecule has 0 amide bonds. The molecule has 0 rings (SSSR count). The number of hydrazine groups is 1. The van der Waals surface area contributed by atoms with Crippen LogP contribution >= 0.6 is 0 Å². The summed E-state index contributed by atoms with van der Waals surface area (Å²) in [7, 11) is -4.13. The van der Waals surface area contributed by atoms with Crippen LogP contribution in [0.15, 0.2) is 0 Å². The van der Waals surface area contributed by atoms with Crippen molar-refractivity contribution >= 4 is 10.3 Å². The Hall–Kier alpha value is -0.860. The Bertz CT molecular complexity index is 172. The van der Waals surface area contributed by atoms with E-state index in [0.717, 1.165) is 4.83 Å². The van der Waals surface area contributed by atoms with Crippen molar-refractivity contribution < 1.29 is 13.0 Å². The van der Waals surface area contributed by atoms with Crippen molar-refractivity contribution in [2.75, 3.05) is 0 Å². The summed E-state index contributed by atoms with van der Waals surface area (Å²) in [5, 5.41) is 0. The van der Waals surface area contributed by atoms with Gasteiger partial charge in [0.1, 0.15) is 0 Å². The van der Waals surface area contributed by atoms with Gasteiger partial charge < -0.3 is 11.1 Å². The monoisotopic (exact) mass is 154 g/mol. The van der Waals surface area contributed by atoms with Gasteiger partial charge in [0.05, 0.1) is 0 Å². The molecule has 8 nitrogen and oxygen atoms in total. The molecule has 0 atom stereocenters. The third kappa shape index (κ3) is 41.2. The normalized spacial score (nSPS) is 8.67. The molecule has 0 bridgehead atoms. The van der Waals surface area contributed by atoms with E-state index in [1.165, 1.54) is 4.91 Å². The average Bonchev–Trinajstić information content (AvgIpc) is 1.67. The Morgan fingerprint density at radius 3 is 1.67 bits per heavy atom. The summed E-state index contributed by atoms with van der Waals surface area (Å²) in [6, 6.07) is 0. The summed E-state index contributed by atoms with van der Waals surface area (Å²) in [5.74, 6) is 4.22. The second-order valence-electron chi connectivity index (χ2n) is 0.682. The minimum absolute atomic E-state index is 1.13. The molecule has 4 N–H and O–H groups in total. The Labute approximate surface area is 50.9 Å². The van der Waals surface area contributed by atoms with Gasteiger partial charge >= 0.3 is 10.3 Å². The molecule has 0 aromatic heterocycles. The van der Waals surface area contributed by atoms with Crippen LogP contribution in [0.3, 0.4) is 0 Å². The molecule has 9 heteroatoms. The first-order valence-corrected chi connectivity index (χ1v) is 2.85. The molecule has 0 aromatic rings. The van der Waals surface area contributed by atoms with Crippen LogP contribution in [0.1, 0.15) is 0 Å². The van der Waals surface area contributed by atoms with E-state index in [2.05, 4.69) is 5.84 Å². The lowest BCUT2D eigenvalue weighted by Crippen LogP contribution is -2.29. The number of hydrogen-bond donors (Lipinski definition) is 3. The molecule has 0 radical (unpaired) electrons. The zero-order chi connectivity index (χ0) is 7.91. The number of hydrogen-bond acceptors (Lipinski definition) is 3. The molecule has 0 saturated carbocycles. The highest BCUT2D eigenvalue weighted by molar-refractivity contribution is 7.83. The molecule has 0 aliphatic heterocycles. The van der Waals surface area contributed by atoms with Crippen molar-refractivity contribution in [2.24, 2.45) is 5.84 Å². The molecular formula is H4N5O3S-. The van der Waals surface area contributed by atoms with Crippen molar-refractivity contribution in [2.45, 2.75) is 0 Å². The minimum atomic E-state index is -4.13. The molecule has 0 aliphatic rings. The molecule has 0 fully saturated rings. The molecule has 0 unspecified atom stereocenters. The van der Waals surface area contributed by atoms with Crippen LogP contribution in [-0.4, -0.2) is 13.0 Å². The van der Waals surface area contributed by atoms with Crippen LogP contribution < -0.4 is 10.7 Å². The molecule has 0 aromatic carbocycles. The van der Waals surface area contributed by atoms with Crippen LogP contribution in [0, 0.1) is 0 Å². The molecule has 0 saturated heterocycles. The summed E-state index contributed by atoms with van der Waals surface area (Å²) < 4.78 is 26.2. The maximum absolute atomic E-state index is 9.32. The van der Waals surface area contributed by atoms with E-state index in [1.807, 2.05) is 0 Å². The molecule has 0 aliphatic carbocycles. The zero-order valence-electron chi connectivity index (χ0n) is 4.09. The third-order valence-electron chi connectivity index (χ3n) is 0.149. The molecule has 0 spiro atoms. The molecular weight excluding hydrogens is 150 g/mol. The maximum Gasteiger partial charge on any atom is 0.346 e. The second kappa shape index (κ2) is 5.28. The number of nitrogens with two attached hydrogens (primary N) is 1. The number of nitrogens with zero attached hydrogens (tertiary/aromatic N) is 3. The minimum Gasteiger partial charge on any atom is -0.373 e. The summed E-state index contributed by atoms with van der Waals surface area (Å²) in [6.45, 7) is 0.